The van der Waals surface area contributed by atoms with Crippen LogP contribution in [0.25, 0.3) is 11.3 Å². The fourth-order valence-corrected chi connectivity index (χ4v) is 2.82. The van der Waals surface area contributed by atoms with Crippen molar-refractivity contribution in [1.82, 2.24) is 15.3 Å². The number of hydrogen-bond acceptors (Lipinski definition) is 4. The number of hydrogen-bond donors (Lipinski definition) is 2. The van der Waals surface area contributed by atoms with E-state index in [1.54, 1.807) is 12.1 Å². The van der Waals surface area contributed by atoms with Crippen molar-refractivity contribution in [2.45, 2.75) is 25.7 Å². The molecule has 0 saturated carbocycles. The van der Waals surface area contributed by atoms with Crippen LogP contribution in [0.2, 0.25) is 0 Å². The molecule has 0 atom stereocenters. The summed E-state index contributed by atoms with van der Waals surface area (Å²) in [5.41, 5.74) is 2.66. The van der Waals surface area contributed by atoms with Crippen LogP contribution in [0.5, 0.6) is 0 Å². The lowest BCUT2D eigenvalue weighted by atomic mass is 9.98. The van der Waals surface area contributed by atoms with Gasteiger partial charge in [-0.3, -0.25) is 10.1 Å². The van der Waals surface area contributed by atoms with Crippen molar-refractivity contribution in [2.24, 2.45) is 0 Å². The van der Waals surface area contributed by atoms with Gasteiger partial charge in [0.1, 0.15) is 5.82 Å². The number of nitrogens with zero attached hydrogens (tertiary/aromatic N) is 2. The molecule has 6 nitrogen and oxygen atoms in total. The smallest absolute Gasteiger partial charge is 0.270 e. The molecule has 1 aliphatic heterocycles. The number of aromatic nitrogens is 2. The van der Waals surface area contributed by atoms with E-state index in [1.807, 2.05) is 13.0 Å². The van der Waals surface area contributed by atoms with E-state index in [2.05, 4.69) is 10.3 Å². The third kappa shape index (κ3) is 2.80. The maximum Gasteiger partial charge on any atom is 0.270 e. The van der Waals surface area contributed by atoms with E-state index in [-0.39, 0.29) is 10.6 Å². The predicted molar refractivity (Wildman–Crippen MR) is 80.3 cm³/mol. The second kappa shape index (κ2) is 5.65. The lowest BCUT2D eigenvalue weighted by molar-refractivity contribution is -0.384. The van der Waals surface area contributed by atoms with Gasteiger partial charge in [0, 0.05) is 29.3 Å². The van der Waals surface area contributed by atoms with Crippen molar-refractivity contribution in [3.63, 3.8) is 0 Å². The van der Waals surface area contributed by atoms with Crippen LogP contribution >= 0.6 is 0 Å². The number of nitro groups is 1. The van der Waals surface area contributed by atoms with Gasteiger partial charge in [0.15, 0.2) is 0 Å². The maximum absolute atomic E-state index is 10.9. The van der Waals surface area contributed by atoms with Crippen LogP contribution in [-0.4, -0.2) is 28.0 Å². The van der Waals surface area contributed by atoms with Crippen LogP contribution in [0.15, 0.2) is 24.3 Å². The van der Waals surface area contributed by atoms with Gasteiger partial charge >= 0.3 is 0 Å². The summed E-state index contributed by atoms with van der Waals surface area (Å²) in [6.07, 6.45) is 2.14. The first-order chi connectivity index (χ1) is 10.1. The third-order valence-corrected chi connectivity index (χ3v) is 3.96. The van der Waals surface area contributed by atoms with Crippen LogP contribution in [0.4, 0.5) is 5.69 Å². The molecule has 2 heterocycles. The van der Waals surface area contributed by atoms with Gasteiger partial charge in [-0.05, 0) is 32.9 Å². The second-order valence-corrected chi connectivity index (χ2v) is 5.43. The summed E-state index contributed by atoms with van der Waals surface area (Å²) < 4.78 is 0. The Morgan fingerprint density at radius 1 is 1.33 bits per heavy atom. The van der Waals surface area contributed by atoms with Gasteiger partial charge in [-0.1, -0.05) is 12.1 Å². The molecule has 3 rings (SSSR count). The number of nitrogens with one attached hydrogen (secondary N) is 2. The molecule has 1 saturated heterocycles. The van der Waals surface area contributed by atoms with Gasteiger partial charge in [0.2, 0.25) is 0 Å². The SMILES string of the molecule is Cc1[nH]c(C2CCNCC2)nc1-c1cccc([N+](=O)[O-])c1. The lowest BCUT2D eigenvalue weighted by Gasteiger charge is -2.20. The summed E-state index contributed by atoms with van der Waals surface area (Å²) in [7, 11) is 0. The highest BCUT2D eigenvalue weighted by Gasteiger charge is 2.20. The minimum absolute atomic E-state index is 0.0957. The van der Waals surface area contributed by atoms with Gasteiger partial charge in [0.05, 0.1) is 10.6 Å². The van der Waals surface area contributed by atoms with Gasteiger partial charge in [-0.25, -0.2) is 4.98 Å². The zero-order chi connectivity index (χ0) is 14.8. The first-order valence-electron chi connectivity index (χ1n) is 7.17. The van der Waals surface area contributed by atoms with E-state index in [4.69, 9.17) is 4.98 Å². The molecule has 0 radical (unpaired) electrons. The van der Waals surface area contributed by atoms with Crippen LogP contribution < -0.4 is 5.32 Å². The Hall–Kier alpha value is -2.21. The Labute approximate surface area is 122 Å². The van der Waals surface area contributed by atoms with Crippen LogP contribution in [0, 0.1) is 17.0 Å². The highest BCUT2D eigenvalue weighted by molar-refractivity contribution is 5.64. The molecule has 0 spiro atoms. The molecule has 0 amide bonds. The predicted octanol–water partition coefficient (Wildman–Crippen LogP) is 2.76. The number of aromatic amines is 1. The number of non-ortho nitro benzene ring substituents is 1. The number of H-pyrrole nitrogens is 1. The zero-order valence-corrected chi connectivity index (χ0v) is 11.9. The Kier molecular flexibility index (Phi) is 3.70. The highest BCUT2D eigenvalue weighted by Crippen LogP contribution is 2.29. The molecular formula is C15H18N4O2. The fourth-order valence-electron chi connectivity index (χ4n) is 2.82. The van der Waals surface area contributed by atoms with Crippen molar-refractivity contribution < 1.29 is 4.92 Å². The quantitative estimate of drug-likeness (QED) is 0.671. The first kappa shape index (κ1) is 13.8. The number of rotatable bonds is 3. The minimum atomic E-state index is -0.376. The van der Waals surface area contributed by atoms with E-state index in [9.17, 15) is 10.1 Å². The number of aryl methyl sites for hydroxylation is 1. The molecule has 21 heavy (non-hydrogen) atoms. The first-order valence-corrected chi connectivity index (χ1v) is 7.17. The molecule has 2 aromatic rings. The number of imidazole rings is 1. The van der Waals surface area contributed by atoms with Crippen molar-refractivity contribution in [3.8, 4) is 11.3 Å². The standard InChI is InChI=1S/C15H18N4O2/c1-10-14(12-3-2-4-13(9-12)19(20)21)18-15(17-10)11-5-7-16-8-6-11/h2-4,9,11,16H,5-8H2,1H3,(H,17,18). The second-order valence-electron chi connectivity index (χ2n) is 5.43. The van der Waals surface area contributed by atoms with Crippen molar-refractivity contribution >= 4 is 5.69 Å². The van der Waals surface area contributed by atoms with Gasteiger partial charge in [0.25, 0.3) is 5.69 Å². The summed E-state index contributed by atoms with van der Waals surface area (Å²) in [5.74, 6) is 1.44. The Morgan fingerprint density at radius 3 is 2.81 bits per heavy atom. The minimum Gasteiger partial charge on any atom is -0.345 e. The van der Waals surface area contributed by atoms with Crippen molar-refractivity contribution in [1.29, 1.82) is 0 Å². The van der Waals surface area contributed by atoms with Crippen molar-refractivity contribution in [2.75, 3.05) is 13.1 Å². The lowest BCUT2D eigenvalue weighted by Crippen LogP contribution is -2.27. The van der Waals surface area contributed by atoms with E-state index in [1.165, 1.54) is 6.07 Å². The number of nitro benzene ring substituents is 1. The molecule has 0 bridgehead atoms. The summed E-state index contributed by atoms with van der Waals surface area (Å²) in [6.45, 7) is 3.98. The molecule has 1 fully saturated rings. The average Bonchev–Trinajstić information content (AvgIpc) is 2.90. The molecule has 0 aliphatic carbocycles. The molecular weight excluding hydrogens is 268 g/mol. The molecule has 1 aliphatic rings. The monoisotopic (exact) mass is 286 g/mol. The van der Waals surface area contributed by atoms with Crippen LogP contribution in [-0.2, 0) is 0 Å². The summed E-state index contributed by atoms with van der Waals surface area (Å²) in [6, 6.07) is 6.64. The topological polar surface area (TPSA) is 83.8 Å². The Bertz CT molecular complexity index is 659. The fraction of sp³-hybridized carbons (Fsp3) is 0.400. The maximum atomic E-state index is 10.9. The molecule has 6 heteroatoms. The number of benzene rings is 1. The Balaban J connectivity index is 1.93. The summed E-state index contributed by atoms with van der Waals surface area (Å²) in [5, 5.41) is 14.2. The van der Waals surface area contributed by atoms with E-state index < -0.39 is 0 Å². The van der Waals surface area contributed by atoms with Crippen LogP contribution in [0.1, 0.15) is 30.3 Å². The molecule has 1 aromatic heterocycles. The number of piperidine rings is 1. The van der Waals surface area contributed by atoms with Gasteiger partial charge < -0.3 is 10.3 Å². The highest BCUT2D eigenvalue weighted by atomic mass is 16.6. The van der Waals surface area contributed by atoms with E-state index in [0.717, 1.165) is 48.7 Å². The zero-order valence-electron chi connectivity index (χ0n) is 11.9. The normalized spacial score (nSPS) is 16.0. The largest absolute Gasteiger partial charge is 0.345 e. The van der Waals surface area contributed by atoms with E-state index >= 15 is 0 Å². The molecule has 110 valence electrons. The molecule has 2 N–H and O–H groups in total. The summed E-state index contributed by atoms with van der Waals surface area (Å²) >= 11 is 0. The van der Waals surface area contributed by atoms with Crippen LogP contribution in [0.3, 0.4) is 0 Å². The summed E-state index contributed by atoms with van der Waals surface area (Å²) in [4.78, 5) is 18.6. The molecule has 1 aromatic carbocycles. The molecule has 0 unspecified atom stereocenters. The van der Waals surface area contributed by atoms with E-state index in [0.29, 0.717) is 5.92 Å². The Morgan fingerprint density at radius 2 is 2.10 bits per heavy atom. The van der Waals surface area contributed by atoms with Crippen molar-refractivity contribution in [3.05, 3.63) is 45.9 Å². The van der Waals surface area contributed by atoms with Gasteiger partial charge in [-0.2, -0.15) is 0 Å². The third-order valence-electron chi connectivity index (χ3n) is 3.96. The average molecular weight is 286 g/mol. The van der Waals surface area contributed by atoms with Gasteiger partial charge in [-0.15, -0.1) is 0 Å².